The van der Waals surface area contributed by atoms with Crippen molar-refractivity contribution >= 4 is 17.8 Å². The highest BCUT2D eigenvalue weighted by molar-refractivity contribution is 6.01. The summed E-state index contributed by atoms with van der Waals surface area (Å²) in [5, 5.41) is 7.05. The quantitative estimate of drug-likeness (QED) is 0.735. The molecule has 1 aromatic carbocycles. The van der Waals surface area contributed by atoms with Gasteiger partial charge in [0, 0.05) is 24.5 Å². The van der Waals surface area contributed by atoms with Crippen LogP contribution in [-0.2, 0) is 11.3 Å². The molecule has 0 radical (unpaired) electrons. The lowest BCUT2D eigenvalue weighted by Gasteiger charge is -2.07. The minimum atomic E-state index is -0.245. The molecule has 1 N–H and O–H groups in total. The third kappa shape index (κ3) is 4.10. The van der Waals surface area contributed by atoms with Crippen molar-refractivity contribution in [2.24, 2.45) is 0 Å². The van der Waals surface area contributed by atoms with Gasteiger partial charge in [0.15, 0.2) is 0 Å². The summed E-state index contributed by atoms with van der Waals surface area (Å²) in [5.74, 6) is 0.396. The van der Waals surface area contributed by atoms with Gasteiger partial charge in [-0.1, -0.05) is 30.3 Å². The largest absolute Gasteiger partial charge is 0.307 e. The van der Waals surface area contributed by atoms with Gasteiger partial charge in [0.05, 0.1) is 24.6 Å². The number of rotatable bonds is 5. The summed E-state index contributed by atoms with van der Waals surface area (Å²) in [6.45, 7) is 0.595. The summed E-state index contributed by atoms with van der Waals surface area (Å²) in [6, 6.07) is 11.7. The number of hydrogen-bond donors (Lipinski definition) is 1. The van der Waals surface area contributed by atoms with Gasteiger partial charge in [-0.05, 0) is 11.6 Å². The topological polar surface area (TPSA) is 72.7 Å². The van der Waals surface area contributed by atoms with Crippen molar-refractivity contribution in [1.82, 2.24) is 19.7 Å². The number of nitrogens with one attached hydrogen (secondary N) is 1. The van der Waals surface area contributed by atoms with E-state index in [1.54, 1.807) is 41.6 Å². The van der Waals surface area contributed by atoms with Crippen LogP contribution in [0.2, 0.25) is 0 Å². The van der Waals surface area contributed by atoms with E-state index >= 15 is 0 Å². The lowest BCUT2D eigenvalue weighted by Crippen LogP contribution is -2.13. The molecule has 1 amide bonds. The summed E-state index contributed by atoms with van der Waals surface area (Å²) < 4.78 is 1.74. The van der Waals surface area contributed by atoms with Gasteiger partial charge in [0.1, 0.15) is 5.82 Å². The smallest absolute Gasteiger partial charge is 0.249 e. The van der Waals surface area contributed by atoms with E-state index in [9.17, 15) is 4.79 Å². The normalized spacial score (nSPS) is 10.8. The molecule has 0 aliphatic heterocycles. The van der Waals surface area contributed by atoms with Crippen molar-refractivity contribution in [2.45, 2.75) is 6.54 Å². The first-order chi connectivity index (χ1) is 11.3. The maximum Gasteiger partial charge on any atom is 0.249 e. The fourth-order valence-corrected chi connectivity index (χ4v) is 2.05. The van der Waals surface area contributed by atoms with Crippen LogP contribution in [0.15, 0.2) is 67.3 Å². The minimum absolute atomic E-state index is 0.245. The van der Waals surface area contributed by atoms with Gasteiger partial charge in [-0.25, -0.2) is 4.68 Å². The maximum absolute atomic E-state index is 12.0. The Kier molecular flexibility index (Phi) is 4.54. The molecule has 23 heavy (non-hydrogen) atoms. The zero-order chi connectivity index (χ0) is 15.9. The highest BCUT2D eigenvalue weighted by Crippen LogP contribution is 2.10. The first-order valence-electron chi connectivity index (χ1n) is 7.12. The second kappa shape index (κ2) is 7.13. The number of anilines is 1. The number of nitrogens with zero attached hydrogens (tertiary/aromatic N) is 4. The van der Waals surface area contributed by atoms with E-state index in [2.05, 4.69) is 20.4 Å². The van der Waals surface area contributed by atoms with Gasteiger partial charge in [0.2, 0.25) is 5.91 Å². The molecular formula is C17H15N5O. The van der Waals surface area contributed by atoms with Crippen LogP contribution in [0.4, 0.5) is 5.82 Å². The zero-order valence-corrected chi connectivity index (χ0v) is 12.3. The van der Waals surface area contributed by atoms with E-state index in [0.29, 0.717) is 18.1 Å². The summed E-state index contributed by atoms with van der Waals surface area (Å²) in [7, 11) is 0. The Morgan fingerprint density at radius 2 is 2.00 bits per heavy atom. The van der Waals surface area contributed by atoms with Crippen molar-refractivity contribution in [3.8, 4) is 0 Å². The molecule has 0 fully saturated rings. The summed E-state index contributed by atoms with van der Waals surface area (Å²) in [6.07, 6.45) is 9.44. The first-order valence-corrected chi connectivity index (χ1v) is 7.12. The summed E-state index contributed by atoms with van der Waals surface area (Å²) in [4.78, 5) is 20.0. The third-order valence-electron chi connectivity index (χ3n) is 3.13. The molecule has 2 heterocycles. The van der Waals surface area contributed by atoms with Gasteiger partial charge >= 0.3 is 0 Å². The van der Waals surface area contributed by atoms with Crippen molar-refractivity contribution in [3.63, 3.8) is 0 Å². The average molecular weight is 305 g/mol. The van der Waals surface area contributed by atoms with Crippen molar-refractivity contribution in [3.05, 3.63) is 78.5 Å². The molecule has 114 valence electrons. The van der Waals surface area contributed by atoms with Crippen LogP contribution in [0.5, 0.6) is 0 Å². The molecule has 6 nitrogen and oxygen atoms in total. The number of carbonyl (C=O) groups is 1. The molecule has 3 rings (SSSR count). The monoisotopic (exact) mass is 305 g/mol. The van der Waals surface area contributed by atoms with Gasteiger partial charge in [-0.3, -0.25) is 14.8 Å². The molecule has 0 atom stereocenters. The van der Waals surface area contributed by atoms with E-state index in [4.69, 9.17) is 0 Å². The maximum atomic E-state index is 12.0. The molecular weight excluding hydrogens is 290 g/mol. The van der Waals surface area contributed by atoms with E-state index in [1.165, 1.54) is 6.08 Å². The second-order valence-electron chi connectivity index (χ2n) is 4.81. The molecule has 6 heteroatoms. The van der Waals surface area contributed by atoms with Gasteiger partial charge in [0.25, 0.3) is 0 Å². The predicted molar refractivity (Wildman–Crippen MR) is 87.5 cm³/mol. The number of aromatic nitrogens is 4. The Bertz CT molecular complexity index is 796. The molecule has 0 unspecified atom stereocenters. The number of benzene rings is 1. The molecule has 2 aromatic heterocycles. The SMILES string of the molecule is O=C(/C=C\c1cnccn1)Nc1ccnn1Cc1ccccc1. The highest BCUT2D eigenvalue weighted by atomic mass is 16.1. The van der Waals surface area contributed by atoms with Gasteiger partial charge in [-0.2, -0.15) is 5.10 Å². The van der Waals surface area contributed by atoms with Crippen molar-refractivity contribution < 1.29 is 4.79 Å². The Hall–Kier alpha value is -3.28. The van der Waals surface area contributed by atoms with Crippen LogP contribution in [-0.4, -0.2) is 25.7 Å². The van der Waals surface area contributed by atoms with E-state index in [1.807, 2.05) is 30.3 Å². The number of hydrogen-bond acceptors (Lipinski definition) is 4. The molecule has 0 aliphatic rings. The standard InChI is InChI=1S/C17H15N5O/c23-17(7-6-15-12-18-10-11-19-15)21-16-8-9-20-22(16)13-14-4-2-1-3-5-14/h1-12H,13H2,(H,21,23)/b7-6-. The van der Waals surface area contributed by atoms with Crippen LogP contribution in [0.1, 0.15) is 11.3 Å². The molecule has 0 saturated heterocycles. The van der Waals surface area contributed by atoms with Gasteiger partial charge < -0.3 is 5.32 Å². The van der Waals surface area contributed by atoms with E-state index in [0.717, 1.165) is 5.56 Å². The van der Waals surface area contributed by atoms with Gasteiger partial charge in [-0.15, -0.1) is 0 Å². The Morgan fingerprint density at radius 3 is 2.78 bits per heavy atom. The lowest BCUT2D eigenvalue weighted by atomic mass is 10.2. The fourth-order valence-electron chi connectivity index (χ4n) is 2.05. The van der Waals surface area contributed by atoms with Crippen molar-refractivity contribution in [1.29, 1.82) is 0 Å². The molecule has 0 bridgehead atoms. The van der Waals surface area contributed by atoms with Crippen LogP contribution in [0.25, 0.3) is 6.08 Å². The highest BCUT2D eigenvalue weighted by Gasteiger charge is 2.05. The van der Waals surface area contributed by atoms with E-state index in [-0.39, 0.29) is 5.91 Å². The fraction of sp³-hybridized carbons (Fsp3) is 0.0588. The summed E-state index contributed by atoms with van der Waals surface area (Å²) in [5.41, 5.74) is 1.74. The second-order valence-corrected chi connectivity index (χ2v) is 4.81. The zero-order valence-electron chi connectivity index (χ0n) is 12.3. The predicted octanol–water partition coefficient (Wildman–Crippen LogP) is 2.37. The lowest BCUT2D eigenvalue weighted by molar-refractivity contribution is -0.111. The van der Waals surface area contributed by atoms with E-state index < -0.39 is 0 Å². The summed E-state index contributed by atoms with van der Waals surface area (Å²) >= 11 is 0. The average Bonchev–Trinajstić information content (AvgIpc) is 3.02. The van der Waals surface area contributed by atoms with Crippen LogP contribution in [0, 0.1) is 0 Å². The van der Waals surface area contributed by atoms with Crippen LogP contribution >= 0.6 is 0 Å². The third-order valence-corrected chi connectivity index (χ3v) is 3.13. The number of carbonyl (C=O) groups excluding carboxylic acids is 1. The molecule has 0 saturated carbocycles. The Balaban J connectivity index is 1.65. The minimum Gasteiger partial charge on any atom is -0.307 e. The molecule has 0 spiro atoms. The van der Waals surface area contributed by atoms with Crippen LogP contribution in [0.3, 0.4) is 0 Å². The molecule has 0 aliphatic carbocycles. The van der Waals surface area contributed by atoms with Crippen LogP contribution < -0.4 is 5.32 Å². The first kappa shape index (κ1) is 14.6. The number of amides is 1. The van der Waals surface area contributed by atoms with Crippen molar-refractivity contribution in [2.75, 3.05) is 5.32 Å². The molecule has 3 aromatic rings. The Labute approximate surface area is 133 Å². The Morgan fingerprint density at radius 1 is 1.13 bits per heavy atom.